The molecule has 5 heteroatoms. The van der Waals surface area contributed by atoms with Gasteiger partial charge in [-0.2, -0.15) is 0 Å². The molecular formula is C14H18BrNO3. The van der Waals surface area contributed by atoms with E-state index in [9.17, 15) is 4.79 Å². The smallest absolute Gasteiger partial charge is 0.254 e. The number of halogens is 1. The first kappa shape index (κ1) is 14.2. The summed E-state index contributed by atoms with van der Waals surface area (Å²) in [7, 11) is 1.58. The average molecular weight is 328 g/mol. The van der Waals surface area contributed by atoms with Crippen LogP contribution in [0.2, 0.25) is 0 Å². The number of likely N-dealkylation sites (tertiary alicyclic amines) is 1. The molecule has 1 saturated heterocycles. The molecule has 0 radical (unpaired) electrons. The lowest BCUT2D eigenvalue weighted by atomic mass is 10.1. The normalized spacial score (nSPS) is 13.9. The maximum atomic E-state index is 12.2. The van der Waals surface area contributed by atoms with E-state index in [0.29, 0.717) is 23.7 Å². The molecule has 19 heavy (non-hydrogen) atoms. The third kappa shape index (κ3) is 3.03. The van der Waals surface area contributed by atoms with E-state index in [0.717, 1.165) is 30.4 Å². The Morgan fingerprint density at radius 3 is 2.68 bits per heavy atom. The first-order valence-electron chi connectivity index (χ1n) is 6.47. The highest BCUT2D eigenvalue weighted by Gasteiger charge is 2.23. The summed E-state index contributed by atoms with van der Waals surface area (Å²) in [6.45, 7) is 4.34. The summed E-state index contributed by atoms with van der Waals surface area (Å²) in [5, 5.41) is 0. The molecule has 1 aliphatic heterocycles. The number of amides is 1. The van der Waals surface area contributed by atoms with Crippen molar-refractivity contribution >= 4 is 21.8 Å². The monoisotopic (exact) mass is 327 g/mol. The van der Waals surface area contributed by atoms with Gasteiger partial charge in [0.1, 0.15) is 0 Å². The number of methoxy groups -OCH3 is 1. The highest BCUT2D eigenvalue weighted by atomic mass is 79.9. The Morgan fingerprint density at radius 2 is 2.16 bits per heavy atom. The molecule has 1 amide bonds. The number of hydrogen-bond acceptors (Lipinski definition) is 3. The molecule has 104 valence electrons. The van der Waals surface area contributed by atoms with Gasteiger partial charge in [0, 0.05) is 18.7 Å². The Balaban J connectivity index is 2.26. The van der Waals surface area contributed by atoms with Gasteiger partial charge in [-0.15, -0.1) is 0 Å². The first-order valence-corrected chi connectivity index (χ1v) is 7.26. The van der Waals surface area contributed by atoms with Crippen molar-refractivity contribution in [1.82, 2.24) is 4.90 Å². The quantitative estimate of drug-likeness (QED) is 0.834. The van der Waals surface area contributed by atoms with E-state index < -0.39 is 0 Å². The van der Waals surface area contributed by atoms with E-state index in [4.69, 9.17) is 9.47 Å². The van der Waals surface area contributed by atoms with Crippen molar-refractivity contribution in [3.05, 3.63) is 22.2 Å². The standard InChI is InChI=1S/C14H18BrNO3/c1-3-7-19-13-11(15)8-10(9-12(13)18-2)14(17)16-5-4-6-16/h8-9H,3-7H2,1-2H3. The molecule has 0 N–H and O–H groups in total. The fourth-order valence-corrected chi connectivity index (χ4v) is 2.45. The fraction of sp³-hybridized carbons (Fsp3) is 0.500. The zero-order valence-electron chi connectivity index (χ0n) is 11.2. The van der Waals surface area contributed by atoms with Crippen LogP contribution in [0.15, 0.2) is 16.6 Å². The molecule has 1 heterocycles. The molecule has 4 nitrogen and oxygen atoms in total. The third-order valence-corrected chi connectivity index (χ3v) is 3.66. The summed E-state index contributed by atoms with van der Waals surface area (Å²) >= 11 is 3.45. The maximum Gasteiger partial charge on any atom is 0.254 e. The number of nitrogens with zero attached hydrogens (tertiary/aromatic N) is 1. The summed E-state index contributed by atoms with van der Waals surface area (Å²) in [5.74, 6) is 1.29. The SMILES string of the molecule is CCCOc1c(Br)cc(C(=O)N2CCC2)cc1OC. The van der Waals surface area contributed by atoms with Crippen molar-refractivity contribution in [2.24, 2.45) is 0 Å². The van der Waals surface area contributed by atoms with E-state index in [2.05, 4.69) is 15.9 Å². The molecular weight excluding hydrogens is 310 g/mol. The van der Waals surface area contributed by atoms with Gasteiger partial charge in [-0.3, -0.25) is 4.79 Å². The van der Waals surface area contributed by atoms with Crippen molar-refractivity contribution in [2.75, 3.05) is 26.8 Å². The van der Waals surface area contributed by atoms with Crippen LogP contribution in [0.5, 0.6) is 11.5 Å². The Kier molecular flexibility index (Phi) is 4.69. The van der Waals surface area contributed by atoms with E-state index in [1.165, 1.54) is 0 Å². The molecule has 2 rings (SSSR count). The molecule has 0 unspecified atom stereocenters. The topological polar surface area (TPSA) is 38.8 Å². The van der Waals surface area contributed by atoms with Crippen LogP contribution < -0.4 is 9.47 Å². The summed E-state index contributed by atoms with van der Waals surface area (Å²) in [4.78, 5) is 14.0. The minimum absolute atomic E-state index is 0.0484. The molecule has 0 aliphatic carbocycles. The number of carbonyl (C=O) groups is 1. The number of hydrogen-bond donors (Lipinski definition) is 0. The molecule has 1 aromatic rings. The largest absolute Gasteiger partial charge is 0.493 e. The molecule has 0 aromatic heterocycles. The summed E-state index contributed by atoms with van der Waals surface area (Å²) in [6.07, 6.45) is 2.01. The molecule has 0 spiro atoms. The molecule has 0 saturated carbocycles. The van der Waals surface area contributed by atoms with Gasteiger partial charge >= 0.3 is 0 Å². The predicted octanol–water partition coefficient (Wildman–Crippen LogP) is 3.09. The average Bonchev–Trinajstić information content (AvgIpc) is 2.34. The van der Waals surface area contributed by atoms with E-state index in [1.807, 2.05) is 11.8 Å². The second kappa shape index (κ2) is 6.28. The van der Waals surface area contributed by atoms with Gasteiger partial charge < -0.3 is 14.4 Å². The van der Waals surface area contributed by atoms with Crippen LogP contribution in [0.4, 0.5) is 0 Å². The highest BCUT2D eigenvalue weighted by Crippen LogP contribution is 2.37. The summed E-state index contributed by atoms with van der Waals surface area (Å²) < 4.78 is 11.7. The van der Waals surface area contributed by atoms with E-state index in [1.54, 1.807) is 19.2 Å². The van der Waals surface area contributed by atoms with Crippen molar-refractivity contribution in [1.29, 1.82) is 0 Å². The molecule has 1 aromatic carbocycles. The van der Waals surface area contributed by atoms with Crippen LogP contribution in [0.25, 0.3) is 0 Å². The van der Waals surface area contributed by atoms with Crippen LogP contribution >= 0.6 is 15.9 Å². The Morgan fingerprint density at radius 1 is 1.42 bits per heavy atom. The van der Waals surface area contributed by atoms with E-state index in [-0.39, 0.29) is 5.91 Å². The Labute approximate surface area is 121 Å². The zero-order chi connectivity index (χ0) is 13.8. The highest BCUT2D eigenvalue weighted by molar-refractivity contribution is 9.10. The number of benzene rings is 1. The number of ether oxygens (including phenoxy) is 2. The summed E-state index contributed by atoms with van der Waals surface area (Å²) in [5.41, 5.74) is 0.632. The third-order valence-electron chi connectivity index (χ3n) is 3.07. The van der Waals surface area contributed by atoms with Crippen LogP contribution in [0.1, 0.15) is 30.1 Å². The van der Waals surface area contributed by atoms with Crippen molar-refractivity contribution < 1.29 is 14.3 Å². The van der Waals surface area contributed by atoms with Crippen molar-refractivity contribution in [3.8, 4) is 11.5 Å². The van der Waals surface area contributed by atoms with Gasteiger partial charge in [0.25, 0.3) is 5.91 Å². The predicted molar refractivity (Wildman–Crippen MR) is 77.0 cm³/mol. The molecule has 1 aliphatic rings. The second-order valence-electron chi connectivity index (χ2n) is 4.48. The van der Waals surface area contributed by atoms with Crippen molar-refractivity contribution in [3.63, 3.8) is 0 Å². The summed E-state index contributed by atoms with van der Waals surface area (Å²) in [6, 6.07) is 3.55. The molecule has 0 bridgehead atoms. The van der Waals surface area contributed by atoms with Gasteiger partial charge in [0.2, 0.25) is 0 Å². The van der Waals surface area contributed by atoms with Crippen LogP contribution in [0.3, 0.4) is 0 Å². The minimum atomic E-state index is 0.0484. The minimum Gasteiger partial charge on any atom is -0.493 e. The lowest BCUT2D eigenvalue weighted by Gasteiger charge is -2.31. The van der Waals surface area contributed by atoms with Gasteiger partial charge in [0.15, 0.2) is 11.5 Å². The number of carbonyl (C=O) groups excluding carboxylic acids is 1. The van der Waals surface area contributed by atoms with Crippen molar-refractivity contribution in [2.45, 2.75) is 19.8 Å². The lowest BCUT2D eigenvalue weighted by Crippen LogP contribution is -2.42. The first-order chi connectivity index (χ1) is 9.17. The Hall–Kier alpha value is -1.23. The van der Waals surface area contributed by atoms with Crippen LogP contribution in [-0.4, -0.2) is 37.6 Å². The molecule has 1 fully saturated rings. The fourth-order valence-electron chi connectivity index (χ4n) is 1.89. The lowest BCUT2D eigenvalue weighted by molar-refractivity contribution is 0.0651. The van der Waals surface area contributed by atoms with Gasteiger partial charge in [-0.05, 0) is 40.9 Å². The van der Waals surface area contributed by atoms with Gasteiger partial charge in [-0.25, -0.2) is 0 Å². The van der Waals surface area contributed by atoms with E-state index >= 15 is 0 Å². The number of rotatable bonds is 5. The Bertz CT molecular complexity index is 472. The molecule has 0 atom stereocenters. The zero-order valence-corrected chi connectivity index (χ0v) is 12.8. The maximum absolute atomic E-state index is 12.2. The van der Waals surface area contributed by atoms with Crippen LogP contribution in [-0.2, 0) is 0 Å². The second-order valence-corrected chi connectivity index (χ2v) is 5.34. The van der Waals surface area contributed by atoms with Crippen LogP contribution in [0, 0.1) is 0 Å². The van der Waals surface area contributed by atoms with Gasteiger partial charge in [-0.1, -0.05) is 6.92 Å². The van der Waals surface area contributed by atoms with Gasteiger partial charge in [0.05, 0.1) is 18.2 Å².